The zero-order chi connectivity index (χ0) is 14.3. The van der Waals surface area contributed by atoms with E-state index in [9.17, 15) is 14.7 Å². The molecule has 0 aromatic carbocycles. The van der Waals surface area contributed by atoms with E-state index in [-0.39, 0.29) is 18.4 Å². The largest absolute Gasteiger partial charge is 0.481 e. The Hall–Kier alpha value is -1.50. The summed E-state index contributed by atoms with van der Waals surface area (Å²) >= 11 is 0. The summed E-state index contributed by atoms with van der Waals surface area (Å²) in [5.74, 6) is 1.45. The molecule has 4 heteroatoms. The van der Waals surface area contributed by atoms with Gasteiger partial charge in [0.25, 0.3) is 0 Å². The van der Waals surface area contributed by atoms with E-state index in [0.29, 0.717) is 19.3 Å². The summed E-state index contributed by atoms with van der Waals surface area (Å²) in [6.45, 7) is 1.83. The highest BCUT2D eigenvalue weighted by molar-refractivity contribution is 5.85. The minimum absolute atomic E-state index is 0.0667. The first kappa shape index (κ1) is 15.6. The number of aliphatic carboxylic acids is 1. The smallest absolute Gasteiger partial charge is 0.310 e. The summed E-state index contributed by atoms with van der Waals surface area (Å²) in [5, 5.41) is 12.3. The predicted molar refractivity (Wildman–Crippen MR) is 73.4 cm³/mol. The van der Waals surface area contributed by atoms with Gasteiger partial charge in [0, 0.05) is 18.9 Å². The Kier molecular flexibility index (Phi) is 5.88. The fraction of sp³-hybridized carbons (Fsp3) is 0.733. The molecule has 1 saturated carbocycles. The lowest BCUT2D eigenvalue weighted by molar-refractivity contribution is -0.153. The van der Waals surface area contributed by atoms with Gasteiger partial charge >= 0.3 is 5.97 Å². The molecular weight excluding hydrogens is 242 g/mol. The molecule has 4 nitrogen and oxygen atoms in total. The van der Waals surface area contributed by atoms with Crippen LogP contribution in [0.5, 0.6) is 0 Å². The van der Waals surface area contributed by atoms with Crippen LogP contribution in [0.1, 0.15) is 58.3 Å². The van der Waals surface area contributed by atoms with Crippen LogP contribution in [-0.4, -0.2) is 23.0 Å². The van der Waals surface area contributed by atoms with Crippen molar-refractivity contribution in [1.29, 1.82) is 0 Å². The molecule has 0 radical (unpaired) electrons. The van der Waals surface area contributed by atoms with Gasteiger partial charge in [-0.3, -0.25) is 9.59 Å². The van der Waals surface area contributed by atoms with Gasteiger partial charge in [-0.2, -0.15) is 0 Å². The van der Waals surface area contributed by atoms with Gasteiger partial charge in [-0.15, -0.1) is 12.3 Å². The Morgan fingerprint density at radius 2 is 1.89 bits per heavy atom. The number of terminal acetylenes is 1. The molecule has 1 amide bonds. The molecule has 1 rings (SSSR count). The van der Waals surface area contributed by atoms with Crippen LogP contribution in [0.4, 0.5) is 0 Å². The lowest BCUT2D eigenvalue weighted by atomic mass is 9.77. The summed E-state index contributed by atoms with van der Waals surface area (Å²) in [4.78, 5) is 23.5. The zero-order valence-electron chi connectivity index (χ0n) is 11.6. The Bertz CT molecular complexity index is 362. The zero-order valence-corrected chi connectivity index (χ0v) is 11.6. The highest BCUT2D eigenvalue weighted by Gasteiger charge is 2.40. The number of carboxylic acids is 1. The first-order valence-corrected chi connectivity index (χ1v) is 6.96. The fourth-order valence-electron chi connectivity index (χ4n) is 2.73. The van der Waals surface area contributed by atoms with E-state index < -0.39 is 11.4 Å². The molecule has 1 aliphatic carbocycles. The van der Waals surface area contributed by atoms with Crippen LogP contribution in [0.25, 0.3) is 0 Å². The van der Waals surface area contributed by atoms with E-state index in [0.717, 1.165) is 25.7 Å². The van der Waals surface area contributed by atoms with Crippen molar-refractivity contribution in [3.63, 3.8) is 0 Å². The number of carboxylic acid groups (broad SMARTS) is 1. The van der Waals surface area contributed by atoms with Crippen molar-refractivity contribution in [3.05, 3.63) is 0 Å². The van der Waals surface area contributed by atoms with Gasteiger partial charge in [0.15, 0.2) is 0 Å². The van der Waals surface area contributed by atoms with Gasteiger partial charge in [0.2, 0.25) is 5.91 Å². The van der Waals surface area contributed by atoms with E-state index in [1.165, 1.54) is 0 Å². The first-order chi connectivity index (χ1) is 9.00. The molecule has 0 bridgehead atoms. The van der Waals surface area contributed by atoms with Crippen molar-refractivity contribution in [2.75, 3.05) is 0 Å². The van der Waals surface area contributed by atoms with E-state index in [4.69, 9.17) is 6.42 Å². The molecular formula is C15H23NO3. The molecule has 1 atom stereocenters. The fourth-order valence-corrected chi connectivity index (χ4v) is 2.73. The Labute approximate surface area is 115 Å². The quantitative estimate of drug-likeness (QED) is 0.592. The number of nitrogens with one attached hydrogen (secondary N) is 1. The van der Waals surface area contributed by atoms with Crippen LogP contribution in [0, 0.1) is 17.8 Å². The minimum Gasteiger partial charge on any atom is -0.481 e. The highest BCUT2D eigenvalue weighted by atomic mass is 16.4. The third-order valence-electron chi connectivity index (χ3n) is 3.84. The molecule has 0 aromatic rings. The number of hydrogen-bond donors (Lipinski definition) is 2. The second kappa shape index (κ2) is 7.18. The SMILES string of the molecule is C#CCC(C)NC(=O)CC1(C(=O)O)CCCCCC1. The van der Waals surface area contributed by atoms with E-state index in [1.54, 1.807) is 0 Å². The molecule has 1 fully saturated rings. The van der Waals surface area contributed by atoms with E-state index in [1.807, 2.05) is 6.92 Å². The van der Waals surface area contributed by atoms with Crippen LogP contribution in [0.2, 0.25) is 0 Å². The van der Waals surface area contributed by atoms with Crippen molar-refractivity contribution < 1.29 is 14.7 Å². The minimum atomic E-state index is -0.879. The topological polar surface area (TPSA) is 66.4 Å². The average molecular weight is 265 g/mol. The Morgan fingerprint density at radius 3 is 2.37 bits per heavy atom. The molecule has 0 spiro atoms. The second-order valence-corrected chi connectivity index (χ2v) is 5.55. The maximum atomic E-state index is 12.0. The second-order valence-electron chi connectivity index (χ2n) is 5.55. The number of hydrogen-bond acceptors (Lipinski definition) is 2. The van der Waals surface area contributed by atoms with Crippen molar-refractivity contribution >= 4 is 11.9 Å². The van der Waals surface area contributed by atoms with Gasteiger partial charge < -0.3 is 10.4 Å². The molecule has 0 aliphatic heterocycles. The number of carbonyl (C=O) groups excluding carboxylic acids is 1. The van der Waals surface area contributed by atoms with Crippen molar-refractivity contribution in [2.24, 2.45) is 5.41 Å². The maximum absolute atomic E-state index is 12.0. The highest BCUT2D eigenvalue weighted by Crippen LogP contribution is 2.38. The van der Waals surface area contributed by atoms with E-state index >= 15 is 0 Å². The van der Waals surface area contributed by atoms with Gasteiger partial charge in [0.1, 0.15) is 0 Å². The summed E-state index contributed by atoms with van der Waals surface area (Å²) in [5.41, 5.74) is -0.879. The molecule has 106 valence electrons. The lowest BCUT2D eigenvalue weighted by Crippen LogP contribution is -2.40. The predicted octanol–water partition coefficient (Wildman–Crippen LogP) is 2.33. The average Bonchev–Trinajstić information content (AvgIpc) is 2.55. The Balaban J connectivity index is 2.65. The van der Waals surface area contributed by atoms with Gasteiger partial charge in [-0.1, -0.05) is 25.7 Å². The van der Waals surface area contributed by atoms with Crippen LogP contribution >= 0.6 is 0 Å². The van der Waals surface area contributed by atoms with Crippen molar-refractivity contribution in [1.82, 2.24) is 5.32 Å². The molecule has 0 aromatic heterocycles. The maximum Gasteiger partial charge on any atom is 0.310 e. The van der Waals surface area contributed by atoms with Crippen LogP contribution in [0.15, 0.2) is 0 Å². The number of carbonyl (C=O) groups is 2. The van der Waals surface area contributed by atoms with Crippen LogP contribution in [0.3, 0.4) is 0 Å². The summed E-state index contributed by atoms with van der Waals surface area (Å²) in [6, 6.07) is -0.103. The van der Waals surface area contributed by atoms with Gasteiger partial charge in [0.05, 0.1) is 5.41 Å². The lowest BCUT2D eigenvalue weighted by Gasteiger charge is -2.27. The van der Waals surface area contributed by atoms with Crippen molar-refractivity contribution in [3.8, 4) is 12.3 Å². The molecule has 2 N–H and O–H groups in total. The molecule has 0 heterocycles. The standard InChI is InChI=1S/C15H23NO3/c1-3-8-12(2)16-13(17)11-15(14(18)19)9-6-4-5-7-10-15/h1,12H,4-11H2,2H3,(H,16,17)(H,18,19). The summed E-state index contributed by atoms with van der Waals surface area (Å²) in [7, 11) is 0. The molecule has 19 heavy (non-hydrogen) atoms. The Morgan fingerprint density at radius 1 is 1.32 bits per heavy atom. The van der Waals surface area contributed by atoms with Crippen LogP contribution < -0.4 is 5.32 Å². The normalized spacial score (nSPS) is 19.8. The van der Waals surface area contributed by atoms with E-state index in [2.05, 4.69) is 11.2 Å². The van der Waals surface area contributed by atoms with Crippen molar-refractivity contribution in [2.45, 2.75) is 64.3 Å². The van der Waals surface area contributed by atoms with Crippen LogP contribution in [-0.2, 0) is 9.59 Å². The number of amides is 1. The third-order valence-corrected chi connectivity index (χ3v) is 3.84. The molecule has 1 unspecified atom stereocenters. The third kappa shape index (κ3) is 4.59. The first-order valence-electron chi connectivity index (χ1n) is 6.96. The molecule has 1 aliphatic rings. The summed E-state index contributed by atoms with van der Waals surface area (Å²) in [6.07, 6.45) is 10.8. The monoisotopic (exact) mass is 265 g/mol. The number of rotatable bonds is 5. The summed E-state index contributed by atoms with van der Waals surface area (Å²) < 4.78 is 0. The van der Waals surface area contributed by atoms with Gasteiger partial charge in [-0.05, 0) is 19.8 Å². The van der Waals surface area contributed by atoms with Gasteiger partial charge in [-0.25, -0.2) is 0 Å². The molecule has 0 saturated heterocycles.